The van der Waals surface area contributed by atoms with Gasteiger partial charge >= 0.3 is 17.1 Å². The summed E-state index contributed by atoms with van der Waals surface area (Å²) in [4.78, 5) is 25.6. The lowest BCUT2D eigenvalue weighted by Crippen LogP contribution is -2.26. The van der Waals surface area contributed by atoms with Gasteiger partial charge in [0, 0.05) is 19.5 Å². The number of unbranched alkanes of at least 4 members (excludes halogenated alkanes) is 2. The minimum absolute atomic E-state index is 0.404. The fourth-order valence-corrected chi connectivity index (χ4v) is 7.22. The number of likely N-dealkylation sites (N-methyl/N-ethyl adjacent to an activating group) is 1. The standard InChI is InChI=1S/C19H23N5O4S4/c1-12-20-21-18(30-12)31-19(27-16(25)17(26)28-19)8-4-3-5-10-29-15-14(22-32-23-15)13-7-6-9-24(2)11-13/h7H,3-6,8-11H2,1-2H3. The molecule has 2 aromatic heterocycles. The van der Waals surface area contributed by atoms with Crippen molar-refractivity contribution < 1.29 is 19.1 Å². The van der Waals surface area contributed by atoms with E-state index in [1.54, 1.807) is 11.8 Å². The molecule has 4 heterocycles. The first-order valence-electron chi connectivity index (χ1n) is 10.2. The van der Waals surface area contributed by atoms with Crippen molar-refractivity contribution in [3.05, 3.63) is 16.8 Å². The molecule has 32 heavy (non-hydrogen) atoms. The smallest absolute Gasteiger partial charge is 0.404 e. The van der Waals surface area contributed by atoms with Gasteiger partial charge in [0.15, 0.2) is 4.34 Å². The molecule has 0 spiro atoms. The number of ether oxygens (including phenoxy) is 2. The monoisotopic (exact) mass is 513 g/mol. The van der Waals surface area contributed by atoms with Crippen molar-refractivity contribution in [2.24, 2.45) is 0 Å². The summed E-state index contributed by atoms with van der Waals surface area (Å²) in [6, 6.07) is 0. The molecule has 1 saturated heterocycles. The number of nitrogens with zero attached hydrogens (tertiary/aromatic N) is 5. The van der Waals surface area contributed by atoms with Crippen LogP contribution in [0.5, 0.6) is 0 Å². The Morgan fingerprint density at radius 3 is 2.69 bits per heavy atom. The zero-order chi connectivity index (χ0) is 22.6. The van der Waals surface area contributed by atoms with Gasteiger partial charge in [-0.3, -0.25) is 0 Å². The van der Waals surface area contributed by atoms with E-state index < -0.39 is 17.1 Å². The van der Waals surface area contributed by atoms with Crippen LogP contribution in [0.3, 0.4) is 0 Å². The molecule has 0 N–H and O–H groups in total. The Morgan fingerprint density at radius 1 is 1.16 bits per heavy atom. The molecular formula is C19H23N5O4S4. The van der Waals surface area contributed by atoms with E-state index in [1.165, 1.54) is 28.6 Å². The second kappa shape index (κ2) is 10.6. The van der Waals surface area contributed by atoms with Crippen LogP contribution in [0.2, 0.25) is 0 Å². The maximum atomic E-state index is 11.7. The zero-order valence-corrected chi connectivity index (χ0v) is 21.0. The summed E-state index contributed by atoms with van der Waals surface area (Å²) in [6.07, 6.45) is 6.31. The summed E-state index contributed by atoms with van der Waals surface area (Å²) in [6.45, 7) is 3.82. The summed E-state index contributed by atoms with van der Waals surface area (Å²) in [5.74, 6) is -1.00. The quantitative estimate of drug-likeness (QED) is 0.201. The van der Waals surface area contributed by atoms with Gasteiger partial charge in [-0.05, 0) is 56.3 Å². The van der Waals surface area contributed by atoms with Gasteiger partial charge < -0.3 is 14.4 Å². The molecule has 1 fully saturated rings. The fourth-order valence-electron chi connectivity index (χ4n) is 3.36. The van der Waals surface area contributed by atoms with Gasteiger partial charge in [0.25, 0.3) is 0 Å². The van der Waals surface area contributed by atoms with Crippen molar-refractivity contribution in [2.75, 3.05) is 25.9 Å². The molecule has 0 radical (unpaired) electrons. The van der Waals surface area contributed by atoms with Crippen LogP contribution >= 0.6 is 46.6 Å². The Labute approximate surface area is 202 Å². The van der Waals surface area contributed by atoms with Gasteiger partial charge in [0.2, 0.25) is 0 Å². The number of aryl methyl sites for hydroxylation is 1. The van der Waals surface area contributed by atoms with Gasteiger partial charge in [0.05, 0.1) is 11.7 Å². The van der Waals surface area contributed by atoms with E-state index in [1.807, 2.05) is 6.92 Å². The van der Waals surface area contributed by atoms with E-state index in [0.29, 0.717) is 10.8 Å². The van der Waals surface area contributed by atoms with Gasteiger partial charge in [-0.15, -0.1) is 22.0 Å². The fraction of sp³-hybridized carbons (Fsp3) is 0.579. The first-order chi connectivity index (χ1) is 15.4. The number of esters is 2. The van der Waals surface area contributed by atoms with Crippen molar-refractivity contribution in [3.8, 4) is 0 Å². The Hall–Kier alpha value is -1.54. The van der Waals surface area contributed by atoms with Crippen LogP contribution in [-0.4, -0.2) is 66.8 Å². The first kappa shape index (κ1) is 23.6. The number of carbonyl (C=O) groups is 2. The Bertz CT molecular complexity index is 992. The Morgan fingerprint density at radius 2 is 1.97 bits per heavy atom. The Kier molecular flexibility index (Phi) is 7.82. The molecule has 0 unspecified atom stereocenters. The molecule has 0 bridgehead atoms. The number of rotatable bonds is 10. The van der Waals surface area contributed by atoms with Crippen molar-refractivity contribution in [2.45, 2.75) is 53.5 Å². The predicted octanol–water partition coefficient (Wildman–Crippen LogP) is 3.62. The third-order valence-electron chi connectivity index (χ3n) is 4.88. The second-order valence-electron chi connectivity index (χ2n) is 7.48. The number of carbonyl (C=O) groups excluding carboxylic acids is 2. The molecular weight excluding hydrogens is 491 g/mol. The molecule has 9 nitrogen and oxygen atoms in total. The van der Waals surface area contributed by atoms with Crippen LogP contribution < -0.4 is 0 Å². The van der Waals surface area contributed by atoms with Gasteiger partial charge in [0.1, 0.15) is 15.7 Å². The summed E-state index contributed by atoms with van der Waals surface area (Å²) < 4.78 is 20.2. The largest absolute Gasteiger partial charge is 0.421 e. The van der Waals surface area contributed by atoms with Crippen molar-refractivity contribution in [1.29, 1.82) is 0 Å². The van der Waals surface area contributed by atoms with Crippen LogP contribution in [0.25, 0.3) is 5.57 Å². The lowest BCUT2D eigenvalue weighted by atomic mass is 10.1. The maximum Gasteiger partial charge on any atom is 0.421 e. The SMILES string of the molecule is Cc1nnc(SC2(CCCCCSc3nsnc3C3=CCCN(C)C3)OC(=O)C(=O)O2)s1. The summed E-state index contributed by atoms with van der Waals surface area (Å²) in [5.41, 5.74) is 2.27. The minimum Gasteiger partial charge on any atom is -0.404 e. The molecule has 2 aliphatic heterocycles. The highest BCUT2D eigenvalue weighted by Gasteiger charge is 2.50. The average Bonchev–Trinajstić information content (AvgIpc) is 3.45. The molecule has 172 valence electrons. The highest BCUT2D eigenvalue weighted by Crippen LogP contribution is 2.43. The number of thioether (sulfide) groups is 2. The third kappa shape index (κ3) is 5.87. The Balaban J connectivity index is 1.25. The van der Waals surface area contributed by atoms with Crippen molar-refractivity contribution in [3.63, 3.8) is 0 Å². The molecule has 0 aliphatic carbocycles. The molecule has 0 aromatic carbocycles. The molecule has 0 atom stereocenters. The predicted molar refractivity (Wildman–Crippen MR) is 125 cm³/mol. The lowest BCUT2D eigenvalue weighted by Gasteiger charge is -2.23. The summed E-state index contributed by atoms with van der Waals surface area (Å²) in [7, 11) is 2.12. The zero-order valence-electron chi connectivity index (χ0n) is 17.7. The summed E-state index contributed by atoms with van der Waals surface area (Å²) >= 11 is 5.48. The molecule has 2 aliphatic rings. The van der Waals surface area contributed by atoms with Gasteiger partial charge in [-0.25, -0.2) is 9.59 Å². The van der Waals surface area contributed by atoms with Crippen LogP contribution in [0, 0.1) is 6.92 Å². The van der Waals surface area contributed by atoms with Crippen LogP contribution in [0.4, 0.5) is 0 Å². The van der Waals surface area contributed by atoms with Crippen LogP contribution in [0.1, 0.15) is 42.8 Å². The minimum atomic E-state index is -1.35. The summed E-state index contributed by atoms with van der Waals surface area (Å²) in [5, 5.41) is 8.44. The van der Waals surface area contributed by atoms with Crippen molar-refractivity contribution >= 4 is 64.1 Å². The van der Waals surface area contributed by atoms with E-state index in [-0.39, 0.29) is 0 Å². The van der Waals surface area contributed by atoms with Crippen LogP contribution in [-0.2, 0) is 19.1 Å². The first-order valence-corrected chi connectivity index (χ1v) is 13.6. The van der Waals surface area contributed by atoms with Gasteiger partial charge in [-0.1, -0.05) is 23.8 Å². The molecule has 2 aromatic rings. The number of hydrogen-bond donors (Lipinski definition) is 0. The molecule has 0 amide bonds. The van der Waals surface area contributed by atoms with Crippen molar-refractivity contribution in [1.82, 2.24) is 23.8 Å². The van der Waals surface area contributed by atoms with E-state index >= 15 is 0 Å². The maximum absolute atomic E-state index is 11.7. The van der Waals surface area contributed by atoms with Gasteiger partial charge in [-0.2, -0.15) is 8.75 Å². The highest BCUT2D eigenvalue weighted by atomic mass is 32.2. The van der Waals surface area contributed by atoms with E-state index in [9.17, 15) is 9.59 Å². The van der Waals surface area contributed by atoms with Crippen LogP contribution in [0.15, 0.2) is 15.4 Å². The highest BCUT2D eigenvalue weighted by molar-refractivity contribution is 8.02. The normalized spacial score (nSPS) is 18.5. The number of aromatic nitrogens is 4. The topological polar surface area (TPSA) is 107 Å². The van der Waals surface area contributed by atoms with E-state index in [0.717, 1.165) is 72.0 Å². The lowest BCUT2D eigenvalue weighted by molar-refractivity contribution is -0.150. The third-order valence-corrected chi connectivity index (χ3v) is 8.65. The van der Waals surface area contributed by atoms with E-state index in [4.69, 9.17) is 9.47 Å². The van der Waals surface area contributed by atoms with E-state index in [2.05, 4.69) is 37.0 Å². The molecule has 0 saturated carbocycles. The number of cyclic esters (lactones) is 2. The number of hydrogen-bond acceptors (Lipinski definition) is 13. The molecule has 4 rings (SSSR count). The average molecular weight is 514 g/mol. The molecule has 13 heteroatoms. The second-order valence-corrected chi connectivity index (χ2v) is 11.7.